The normalized spacial score (nSPS) is 21.5. The van der Waals surface area contributed by atoms with Gasteiger partial charge in [0.15, 0.2) is 11.5 Å². The van der Waals surface area contributed by atoms with Crippen LogP contribution in [0.15, 0.2) is 42.5 Å². The molecule has 2 aromatic rings. The molecule has 0 amide bonds. The Morgan fingerprint density at radius 1 is 1.12 bits per heavy atom. The van der Waals surface area contributed by atoms with Crippen molar-refractivity contribution in [3.05, 3.63) is 53.6 Å². The number of esters is 2. The highest BCUT2D eigenvalue weighted by molar-refractivity contribution is 5.71. The second-order valence-corrected chi connectivity index (χ2v) is 6.32. The van der Waals surface area contributed by atoms with E-state index in [2.05, 4.69) is 0 Å². The van der Waals surface area contributed by atoms with Crippen LogP contribution < -0.4 is 9.47 Å². The van der Waals surface area contributed by atoms with Gasteiger partial charge in [0, 0.05) is 13.3 Å². The first kappa shape index (κ1) is 16.6. The van der Waals surface area contributed by atoms with E-state index >= 15 is 0 Å². The van der Waals surface area contributed by atoms with E-state index in [1.807, 2.05) is 24.3 Å². The summed E-state index contributed by atoms with van der Waals surface area (Å²) in [7, 11) is 0. The van der Waals surface area contributed by atoms with Crippen molar-refractivity contribution in [2.24, 2.45) is 0 Å². The number of hydrogen-bond acceptors (Lipinski definition) is 6. The van der Waals surface area contributed by atoms with Crippen molar-refractivity contribution in [1.29, 1.82) is 0 Å². The largest absolute Gasteiger partial charge is 0.463 e. The molecule has 6 nitrogen and oxygen atoms in total. The molecule has 0 aliphatic carbocycles. The van der Waals surface area contributed by atoms with Gasteiger partial charge in [-0.25, -0.2) is 0 Å². The minimum absolute atomic E-state index is 0.0559. The van der Waals surface area contributed by atoms with Gasteiger partial charge in [0.2, 0.25) is 0 Å². The summed E-state index contributed by atoms with van der Waals surface area (Å²) < 4.78 is 22.0. The number of epoxide rings is 1. The van der Waals surface area contributed by atoms with Crippen molar-refractivity contribution < 1.29 is 28.5 Å². The lowest BCUT2D eigenvalue weighted by molar-refractivity contribution is -0.144. The summed E-state index contributed by atoms with van der Waals surface area (Å²) in [5.41, 5.74) is 1.89. The van der Waals surface area contributed by atoms with Gasteiger partial charge in [-0.2, -0.15) is 0 Å². The van der Waals surface area contributed by atoms with E-state index in [0.29, 0.717) is 23.7 Å². The summed E-state index contributed by atoms with van der Waals surface area (Å²) in [6.07, 6.45) is 0.614. The summed E-state index contributed by atoms with van der Waals surface area (Å²) in [6, 6.07) is 12.8. The molecular weight excluding hydrogens is 336 g/mol. The second-order valence-electron chi connectivity index (χ2n) is 6.32. The van der Waals surface area contributed by atoms with Gasteiger partial charge in [-0.05, 0) is 41.8 Å². The molecule has 134 valence electrons. The van der Waals surface area contributed by atoms with Crippen molar-refractivity contribution in [2.45, 2.75) is 32.0 Å². The maximum Gasteiger partial charge on any atom is 0.308 e. The smallest absolute Gasteiger partial charge is 0.308 e. The molecule has 3 aliphatic rings. The molecule has 6 heteroatoms. The van der Waals surface area contributed by atoms with Crippen molar-refractivity contribution in [1.82, 2.24) is 0 Å². The van der Waals surface area contributed by atoms with Gasteiger partial charge in [0.05, 0.1) is 0 Å². The highest BCUT2D eigenvalue weighted by atomic mass is 16.6. The van der Waals surface area contributed by atoms with Gasteiger partial charge in [-0.1, -0.05) is 18.2 Å². The standard InChI is InChI=1S/C20H18O6/c1-12(21)24-16-8-2-13-3-9-19(22)23-11-18-20(26-18)14-4-6-15(7-5-14)25-17(16)10-13/h2,4-8,10,18,20H,3,9,11H2,1H3. The van der Waals surface area contributed by atoms with Crippen molar-refractivity contribution in [2.75, 3.05) is 6.61 Å². The molecule has 2 unspecified atom stereocenters. The van der Waals surface area contributed by atoms with Crippen LogP contribution in [0, 0.1) is 0 Å². The van der Waals surface area contributed by atoms with Crippen LogP contribution in [-0.2, 0) is 25.5 Å². The molecule has 26 heavy (non-hydrogen) atoms. The zero-order chi connectivity index (χ0) is 18.1. The molecule has 3 heterocycles. The molecule has 0 spiro atoms. The molecular formula is C20H18O6. The van der Waals surface area contributed by atoms with Crippen LogP contribution in [0.2, 0.25) is 0 Å². The molecule has 3 aliphatic heterocycles. The molecule has 2 atom stereocenters. The zero-order valence-corrected chi connectivity index (χ0v) is 14.3. The SMILES string of the molecule is CC(=O)Oc1ccc2cc1Oc1ccc(cc1)C1OC1COC(=O)CC2. The van der Waals surface area contributed by atoms with E-state index < -0.39 is 5.97 Å². The summed E-state index contributed by atoms with van der Waals surface area (Å²) in [6.45, 7) is 1.60. The van der Waals surface area contributed by atoms with E-state index in [0.717, 1.165) is 11.1 Å². The molecule has 1 fully saturated rings. The fourth-order valence-corrected chi connectivity index (χ4v) is 2.94. The lowest BCUT2D eigenvalue weighted by Crippen LogP contribution is -2.11. The molecule has 2 aromatic carbocycles. The Labute approximate surface area is 150 Å². The van der Waals surface area contributed by atoms with Crippen LogP contribution in [0.4, 0.5) is 0 Å². The Hall–Kier alpha value is -2.86. The first-order valence-electron chi connectivity index (χ1n) is 8.49. The van der Waals surface area contributed by atoms with Crippen LogP contribution >= 0.6 is 0 Å². The molecule has 0 saturated carbocycles. The first-order chi connectivity index (χ1) is 12.6. The predicted octanol–water partition coefficient (Wildman–Crippen LogP) is 3.33. The molecule has 0 N–H and O–H groups in total. The second kappa shape index (κ2) is 6.80. The summed E-state index contributed by atoms with van der Waals surface area (Å²) in [5.74, 6) is 0.690. The zero-order valence-electron chi connectivity index (χ0n) is 14.3. The van der Waals surface area contributed by atoms with Crippen molar-refractivity contribution in [3.63, 3.8) is 0 Å². The number of aryl methyl sites for hydroxylation is 1. The van der Waals surface area contributed by atoms with E-state index in [4.69, 9.17) is 18.9 Å². The lowest BCUT2D eigenvalue weighted by atomic mass is 10.1. The van der Waals surface area contributed by atoms with E-state index in [-0.39, 0.29) is 31.2 Å². The average molecular weight is 354 g/mol. The average Bonchev–Trinajstić information content (AvgIpc) is 3.39. The summed E-state index contributed by atoms with van der Waals surface area (Å²) in [5, 5.41) is 0. The highest BCUT2D eigenvalue weighted by Gasteiger charge is 2.41. The number of carbonyl (C=O) groups excluding carboxylic acids is 2. The van der Waals surface area contributed by atoms with Gasteiger partial charge < -0.3 is 18.9 Å². The highest BCUT2D eigenvalue weighted by Crippen LogP contribution is 2.40. The number of rotatable bonds is 1. The van der Waals surface area contributed by atoms with Gasteiger partial charge >= 0.3 is 11.9 Å². The Balaban J connectivity index is 1.67. The van der Waals surface area contributed by atoms with Gasteiger partial charge in [-0.15, -0.1) is 0 Å². The third-order valence-electron chi connectivity index (χ3n) is 4.31. The predicted molar refractivity (Wildman–Crippen MR) is 91.2 cm³/mol. The topological polar surface area (TPSA) is 74.4 Å². The maximum atomic E-state index is 11.9. The molecule has 4 bridgehead atoms. The number of hydrogen-bond donors (Lipinski definition) is 0. The third-order valence-corrected chi connectivity index (χ3v) is 4.31. The van der Waals surface area contributed by atoms with Crippen LogP contribution in [0.1, 0.15) is 30.6 Å². The van der Waals surface area contributed by atoms with E-state index in [1.165, 1.54) is 6.92 Å². The van der Waals surface area contributed by atoms with Gasteiger partial charge in [0.25, 0.3) is 0 Å². The number of carbonyl (C=O) groups is 2. The molecule has 1 saturated heterocycles. The van der Waals surface area contributed by atoms with Gasteiger partial charge in [-0.3, -0.25) is 9.59 Å². The minimum atomic E-state index is -0.427. The lowest BCUT2D eigenvalue weighted by Gasteiger charge is -2.12. The van der Waals surface area contributed by atoms with Gasteiger partial charge in [0.1, 0.15) is 24.6 Å². The van der Waals surface area contributed by atoms with Crippen LogP contribution in [0.5, 0.6) is 17.2 Å². The summed E-state index contributed by atoms with van der Waals surface area (Å²) >= 11 is 0. The third kappa shape index (κ3) is 3.70. The minimum Gasteiger partial charge on any atom is -0.463 e. The van der Waals surface area contributed by atoms with Crippen LogP contribution in [0.3, 0.4) is 0 Å². The number of benzene rings is 2. The van der Waals surface area contributed by atoms with E-state index in [9.17, 15) is 9.59 Å². The Kier molecular flexibility index (Phi) is 4.34. The number of ether oxygens (including phenoxy) is 4. The molecule has 0 aromatic heterocycles. The Bertz CT molecular complexity index is 842. The number of fused-ring (bicyclic) bond motifs is 6. The quantitative estimate of drug-likeness (QED) is 0.444. The van der Waals surface area contributed by atoms with Crippen molar-refractivity contribution in [3.8, 4) is 17.2 Å². The van der Waals surface area contributed by atoms with E-state index in [1.54, 1.807) is 18.2 Å². The fourth-order valence-electron chi connectivity index (χ4n) is 2.94. The monoisotopic (exact) mass is 354 g/mol. The Morgan fingerprint density at radius 3 is 2.69 bits per heavy atom. The molecule has 5 rings (SSSR count). The van der Waals surface area contributed by atoms with Crippen LogP contribution in [-0.4, -0.2) is 24.6 Å². The first-order valence-corrected chi connectivity index (χ1v) is 8.49. The van der Waals surface area contributed by atoms with Crippen LogP contribution in [0.25, 0.3) is 0 Å². The van der Waals surface area contributed by atoms with Crippen molar-refractivity contribution >= 4 is 11.9 Å². The molecule has 0 radical (unpaired) electrons. The maximum absolute atomic E-state index is 11.9. The Morgan fingerprint density at radius 2 is 1.92 bits per heavy atom. The summed E-state index contributed by atoms with van der Waals surface area (Å²) in [4.78, 5) is 23.3. The fraction of sp³-hybridized carbons (Fsp3) is 0.300.